The lowest BCUT2D eigenvalue weighted by Crippen LogP contribution is -2.09. The molecule has 3 N–H and O–H groups in total. The van der Waals surface area contributed by atoms with Crippen molar-refractivity contribution in [2.75, 3.05) is 11.9 Å². The zero-order valence-corrected chi connectivity index (χ0v) is 10.6. The zero-order chi connectivity index (χ0) is 13.0. The van der Waals surface area contributed by atoms with Gasteiger partial charge in [-0.15, -0.1) is 11.3 Å². The van der Waals surface area contributed by atoms with E-state index < -0.39 is 0 Å². The third-order valence-electron chi connectivity index (χ3n) is 2.11. The molecule has 0 aliphatic carbocycles. The monoisotopic (exact) mass is 260 g/mol. The fourth-order valence-electron chi connectivity index (χ4n) is 1.34. The van der Waals surface area contributed by atoms with Crippen molar-refractivity contribution in [3.8, 4) is 11.8 Å². The number of thiophene rings is 1. The van der Waals surface area contributed by atoms with Gasteiger partial charge >= 0.3 is 0 Å². The van der Waals surface area contributed by atoms with Crippen molar-refractivity contribution in [2.45, 2.75) is 0 Å². The van der Waals surface area contributed by atoms with E-state index in [1.54, 1.807) is 30.2 Å². The van der Waals surface area contributed by atoms with Crippen LogP contribution in [0.1, 0.15) is 14.5 Å². The molecule has 92 valence electrons. The number of carbonyl (C=O) groups is 1. The first-order valence-electron chi connectivity index (χ1n) is 5.28. The van der Waals surface area contributed by atoms with Gasteiger partial charge in [-0.05, 0) is 12.1 Å². The summed E-state index contributed by atoms with van der Waals surface area (Å²) in [5.74, 6) is 5.49. The van der Waals surface area contributed by atoms with E-state index in [9.17, 15) is 4.79 Å². The SMILES string of the molecule is Cn1cc(NC(=O)c2ccc(C#CCN)s2)cn1. The Balaban J connectivity index is 2.07. The van der Waals surface area contributed by atoms with Crippen molar-refractivity contribution in [1.82, 2.24) is 9.78 Å². The number of amides is 1. The largest absolute Gasteiger partial charge is 0.320 e. The van der Waals surface area contributed by atoms with E-state index in [-0.39, 0.29) is 5.91 Å². The second-order valence-corrected chi connectivity index (χ2v) is 4.61. The van der Waals surface area contributed by atoms with E-state index in [1.165, 1.54) is 11.3 Å². The Labute approximate surface area is 109 Å². The van der Waals surface area contributed by atoms with Gasteiger partial charge in [-0.25, -0.2) is 0 Å². The average molecular weight is 260 g/mol. The van der Waals surface area contributed by atoms with Crippen LogP contribution in [0.15, 0.2) is 24.5 Å². The summed E-state index contributed by atoms with van der Waals surface area (Å²) < 4.78 is 1.63. The van der Waals surface area contributed by atoms with Crippen molar-refractivity contribution in [1.29, 1.82) is 0 Å². The maximum Gasteiger partial charge on any atom is 0.265 e. The molecule has 0 atom stereocenters. The number of rotatable bonds is 2. The van der Waals surface area contributed by atoms with Crippen LogP contribution in [0.4, 0.5) is 5.69 Å². The summed E-state index contributed by atoms with van der Waals surface area (Å²) >= 11 is 1.34. The van der Waals surface area contributed by atoms with Crippen LogP contribution in [0.25, 0.3) is 0 Å². The predicted molar refractivity (Wildman–Crippen MR) is 71.4 cm³/mol. The number of anilines is 1. The highest BCUT2D eigenvalue weighted by Gasteiger charge is 2.09. The lowest BCUT2D eigenvalue weighted by Gasteiger charge is -1.98. The molecule has 2 aromatic heterocycles. The van der Waals surface area contributed by atoms with Gasteiger partial charge in [0.1, 0.15) is 0 Å². The molecule has 0 fully saturated rings. The summed E-state index contributed by atoms with van der Waals surface area (Å²) in [5, 5.41) is 6.74. The fraction of sp³-hybridized carbons (Fsp3) is 0.167. The van der Waals surface area contributed by atoms with Crippen LogP contribution in [0.2, 0.25) is 0 Å². The van der Waals surface area contributed by atoms with Crippen molar-refractivity contribution < 1.29 is 4.79 Å². The molecule has 2 rings (SSSR count). The molecule has 2 heterocycles. The first-order chi connectivity index (χ1) is 8.69. The Morgan fingerprint density at radius 1 is 1.61 bits per heavy atom. The molecule has 1 amide bonds. The Bertz CT molecular complexity index is 617. The summed E-state index contributed by atoms with van der Waals surface area (Å²) in [7, 11) is 1.79. The molecule has 0 aliphatic rings. The van der Waals surface area contributed by atoms with Gasteiger partial charge in [0.15, 0.2) is 0 Å². The zero-order valence-electron chi connectivity index (χ0n) is 9.80. The second-order valence-electron chi connectivity index (χ2n) is 3.53. The number of hydrogen-bond donors (Lipinski definition) is 2. The third-order valence-corrected chi connectivity index (χ3v) is 3.11. The highest BCUT2D eigenvalue weighted by atomic mass is 32.1. The van der Waals surface area contributed by atoms with Crippen LogP contribution in [-0.4, -0.2) is 22.2 Å². The van der Waals surface area contributed by atoms with Gasteiger partial charge < -0.3 is 11.1 Å². The second kappa shape index (κ2) is 5.49. The molecule has 2 aromatic rings. The lowest BCUT2D eigenvalue weighted by atomic mass is 10.4. The molecule has 0 aromatic carbocycles. The minimum atomic E-state index is -0.159. The maximum atomic E-state index is 11.9. The van der Waals surface area contributed by atoms with Crippen LogP contribution in [-0.2, 0) is 7.05 Å². The van der Waals surface area contributed by atoms with E-state index in [1.807, 2.05) is 6.07 Å². The molecule has 0 spiro atoms. The molecule has 0 bridgehead atoms. The van der Waals surface area contributed by atoms with Crippen LogP contribution >= 0.6 is 11.3 Å². The molecule has 0 unspecified atom stereocenters. The van der Waals surface area contributed by atoms with Crippen molar-refractivity contribution >= 4 is 22.9 Å². The number of aromatic nitrogens is 2. The fourth-order valence-corrected chi connectivity index (χ4v) is 2.12. The predicted octanol–water partition coefficient (Wildman–Crippen LogP) is 1.04. The Hall–Kier alpha value is -2.10. The molecular weight excluding hydrogens is 248 g/mol. The van der Waals surface area contributed by atoms with Gasteiger partial charge in [0, 0.05) is 13.2 Å². The first kappa shape index (κ1) is 12.4. The van der Waals surface area contributed by atoms with Crippen molar-refractivity contribution in [2.24, 2.45) is 12.8 Å². The van der Waals surface area contributed by atoms with Crippen LogP contribution in [0, 0.1) is 11.8 Å². The highest BCUT2D eigenvalue weighted by Crippen LogP contribution is 2.17. The van der Waals surface area contributed by atoms with Gasteiger partial charge in [-0.1, -0.05) is 11.8 Å². The number of aryl methyl sites for hydroxylation is 1. The van der Waals surface area contributed by atoms with Gasteiger partial charge in [0.05, 0.1) is 28.2 Å². The number of carbonyl (C=O) groups excluding carboxylic acids is 1. The van der Waals surface area contributed by atoms with E-state index in [4.69, 9.17) is 5.73 Å². The Morgan fingerprint density at radius 3 is 3.11 bits per heavy atom. The van der Waals surface area contributed by atoms with Gasteiger partial charge in [0.25, 0.3) is 5.91 Å². The molecule has 0 saturated carbocycles. The molecule has 6 heteroatoms. The summed E-state index contributed by atoms with van der Waals surface area (Å²) in [6.07, 6.45) is 3.33. The maximum absolute atomic E-state index is 11.9. The molecular formula is C12H12N4OS. The Morgan fingerprint density at radius 2 is 2.44 bits per heavy atom. The quantitative estimate of drug-likeness (QED) is 0.793. The lowest BCUT2D eigenvalue weighted by molar-refractivity contribution is 0.103. The van der Waals surface area contributed by atoms with E-state index in [0.29, 0.717) is 17.1 Å². The number of hydrogen-bond acceptors (Lipinski definition) is 4. The topological polar surface area (TPSA) is 72.9 Å². The van der Waals surface area contributed by atoms with Crippen LogP contribution in [0.3, 0.4) is 0 Å². The van der Waals surface area contributed by atoms with Gasteiger partial charge in [0.2, 0.25) is 0 Å². The molecule has 0 saturated heterocycles. The smallest absolute Gasteiger partial charge is 0.265 e. The van der Waals surface area contributed by atoms with Crippen molar-refractivity contribution in [3.05, 3.63) is 34.3 Å². The average Bonchev–Trinajstić information content (AvgIpc) is 2.96. The number of nitrogens with zero attached hydrogens (tertiary/aromatic N) is 2. The molecule has 0 radical (unpaired) electrons. The third kappa shape index (κ3) is 2.97. The van der Waals surface area contributed by atoms with E-state index in [0.717, 1.165) is 4.88 Å². The Kier molecular flexibility index (Phi) is 3.77. The number of nitrogens with two attached hydrogens (primary N) is 1. The normalized spacial score (nSPS) is 9.67. The summed E-state index contributed by atoms with van der Waals surface area (Å²) in [5.41, 5.74) is 5.96. The van der Waals surface area contributed by atoms with E-state index in [2.05, 4.69) is 22.3 Å². The van der Waals surface area contributed by atoms with Crippen molar-refractivity contribution in [3.63, 3.8) is 0 Å². The number of nitrogens with one attached hydrogen (secondary N) is 1. The highest BCUT2D eigenvalue weighted by molar-refractivity contribution is 7.14. The van der Waals surface area contributed by atoms with Gasteiger partial charge in [-0.2, -0.15) is 5.10 Å². The van der Waals surface area contributed by atoms with Crippen LogP contribution < -0.4 is 11.1 Å². The van der Waals surface area contributed by atoms with E-state index >= 15 is 0 Å². The van der Waals surface area contributed by atoms with Gasteiger partial charge in [-0.3, -0.25) is 9.48 Å². The molecule has 18 heavy (non-hydrogen) atoms. The van der Waals surface area contributed by atoms with Crippen LogP contribution in [0.5, 0.6) is 0 Å². The molecule has 0 aliphatic heterocycles. The first-order valence-corrected chi connectivity index (χ1v) is 6.09. The standard InChI is InChI=1S/C12H12N4OS/c1-16-8-9(7-14-16)15-12(17)11-5-4-10(18-11)3-2-6-13/h4-5,7-8H,6,13H2,1H3,(H,15,17). The summed E-state index contributed by atoms with van der Waals surface area (Å²) in [6, 6.07) is 3.56. The molecule has 5 nitrogen and oxygen atoms in total. The summed E-state index contributed by atoms with van der Waals surface area (Å²) in [4.78, 5) is 13.3. The minimum Gasteiger partial charge on any atom is -0.320 e. The minimum absolute atomic E-state index is 0.159. The summed E-state index contributed by atoms with van der Waals surface area (Å²) in [6.45, 7) is 0.315.